The van der Waals surface area contributed by atoms with Crippen LogP contribution in [0.3, 0.4) is 0 Å². The Kier molecular flexibility index (Phi) is 8.46. The maximum atomic E-state index is 13.6. The van der Waals surface area contributed by atoms with Crippen LogP contribution in [0.15, 0.2) is 37.2 Å². The average molecular weight is 616 g/mol. The molecule has 0 bridgehead atoms. The van der Waals surface area contributed by atoms with Gasteiger partial charge in [0.1, 0.15) is 12.3 Å². The Balaban J connectivity index is 1.05. The third-order valence-electron chi connectivity index (χ3n) is 9.82. The van der Waals surface area contributed by atoms with Crippen LogP contribution in [0.5, 0.6) is 5.88 Å². The first-order valence-electron chi connectivity index (χ1n) is 15.4. The van der Waals surface area contributed by atoms with E-state index >= 15 is 0 Å². The number of hydrogen-bond acceptors (Lipinski definition) is 8. The largest absolute Gasteiger partial charge is 0.476 e. The number of aliphatic hydroxyl groups excluding tert-OH is 1. The van der Waals surface area contributed by atoms with Crippen LogP contribution in [-0.2, 0) is 4.74 Å². The molecule has 4 fully saturated rings. The number of benzene rings is 1. The van der Waals surface area contributed by atoms with Gasteiger partial charge in [-0.1, -0.05) is 24.6 Å². The van der Waals surface area contributed by atoms with Gasteiger partial charge in [-0.05, 0) is 75.7 Å². The van der Waals surface area contributed by atoms with Gasteiger partial charge in [-0.15, -0.1) is 0 Å². The van der Waals surface area contributed by atoms with Crippen molar-refractivity contribution >= 4 is 11.5 Å². The summed E-state index contributed by atoms with van der Waals surface area (Å²) in [6, 6.07) is 4.94. The van der Waals surface area contributed by atoms with Gasteiger partial charge in [-0.2, -0.15) is 13.2 Å². The van der Waals surface area contributed by atoms with E-state index in [0.29, 0.717) is 67.4 Å². The van der Waals surface area contributed by atoms with E-state index in [-0.39, 0.29) is 37.3 Å². The summed E-state index contributed by atoms with van der Waals surface area (Å²) in [6.45, 7) is 8.14. The number of epoxide rings is 1. The third kappa shape index (κ3) is 6.09. The molecular weight excluding hydrogens is 575 g/mol. The number of likely N-dealkylation sites (tertiary alicyclic amines) is 2. The molecule has 9 nitrogen and oxygen atoms in total. The summed E-state index contributed by atoms with van der Waals surface area (Å²) in [6.07, 6.45) is 0.681. The van der Waals surface area contributed by atoms with Crippen LogP contribution in [0, 0.1) is 11.3 Å². The number of nitrogens with two attached hydrogens (primary N) is 1. The molecular formula is C32H40F3N5O4. The van der Waals surface area contributed by atoms with Crippen LogP contribution >= 0.6 is 0 Å². The zero-order valence-electron chi connectivity index (χ0n) is 24.9. The highest BCUT2D eigenvalue weighted by molar-refractivity contribution is 6.00. The van der Waals surface area contributed by atoms with E-state index in [2.05, 4.69) is 16.5 Å². The summed E-state index contributed by atoms with van der Waals surface area (Å²) in [4.78, 5) is 26.1. The zero-order valence-corrected chi connectivity index (χ0v) is 24.9. The van der Waals surface area contributed by atoms with Crippen molar-refractivity contribution in [3.8, 4) is 17.1 Å². The van der Waals surface area contributed by atoms with Crippen LogP contribution in [0.4, 0.5) is 13.2 Å². The van der Waals surface area contributed by atoms with E-state index in [9.17, 15) is 23.1 Å². The molecule has 2 aromatic rings. The van der Waals surface area contributed by atoms with Gasteiger partial charge in [0.05, 0.1) is 42.3 Å². The van der Waals surface area contributed by atoms with E-state index in [1.807, 2.05) is 24.0 Å². The van der Waals surface area contributed by atoms with Crippen LogP contribution in [0.1, 0.15) is 61.4 Å². The predicted molar refractivity (Wildman–Crippen MR) is 157 cm³/mol. The molecule has 6 rings (SSSR count). The monoisotopic (exact) mass is 615 g/mol. The Bertz CT molecular complexity index is 1370. The highest BCUT2D eigenvalue weighted by Crippen LogP contribution is 2.53. The van der Waals surface area contributed by atoms with Crippen molar-refractivity contribution in [1.29, 1.82) is 0 Å². The fourth-order valence-corrected chi connectivity index (χ4v) is 6.86. The number of carbonyl (C=O) groups excluding carboxylic acids is 1. The maximum absolute atomic E-state index is 13.6. The van der Waals surface area contributed by atoms with Gasteiger partial charge in [-0.25, -0.2) is 9.97 Å². The smallest absolute Gasteiger partial charge is 0.395 e. The summed E-state index contributed by atoms with van der Waals surface area (Å²) in [7, 11) is 0. The standard InChI is InChI=1S/C32H40F3N5O4/c1-19(2)23-14-21(4-5-22(23)30(42)40-13-8-25(41)27(40)28-29(36)44-28)24-15-38-26(16-37-24)43-17-20-6-11-39(12-7-20)18-31(9-3-10-31)32(33,34)35/h4-5,14-16,20,25,27-29,41H,1,3,6-13,17-18,36H2,2H3/t25-,27?,28?,29?/m0/s1. The SMILES string of the molecule is C=C(C)c1cc(-c2cnc(OCC3CCN(CC4(C(F)(F)F)CCC4)CC3)cn2)ccc1C(=O)N1CC[C@H](O)C1C1OC1N. The Labute approximate surface area is 255 Å². The highest BCUT2D eigenvalue weighted by atomic mass is 19.4. The number of hydrogen-bond donors (Lipinski definition) is 2. The van der Waals surface area contributed by atoms with Crippen LogP contribution in [-0.4, -0.2) is 94.2 Å². The van der Waals surface area contributed by atoms with Crippen LogP contribution in [0.25, 0.3) is 16.8 Å². The first-order valence-corrected chi connectivity index (χ1v) is 15.4. The fourth-order valence-electron chi connectivity index (χ4n) is 6.86. The summed E-state index contributed by atoms with van der Waals surface area (Å²) in [5.74, 6) is 0.424. The molecule has 3 N–H and O–H groups in total. The van der Waals surface area contributed by atoms with Crippen molar-refractivity contribution in [1.82, 2.24) is 19.8 Å². The second-order valence-corrected chi connectivity index (χ2v) is 12.9. The second kappa shape index (κ2) is 12.0. The molecule has 1 saturated carbocycles. The molecule has 3 saturated heterocycles. The molecule has 1 aromatic carbocycles. The summed E-state index contributed by atoms with van der Waals surface area (Å²) in [5.41, 5.74) is 7.57. The predicted octanol–water partition coefficient (Wildman–Crippen LogP) is 4.26. The molecule has 1 aliphatic carbocycles. The number of amides is 1. The van der Waals surface area contributed by atoms with Gasteiger partial charge in [0.2, 0.25) is 5.88 Å². The molecule has 3 unspecified atom stereocenters. The van der Waals surface area contributed by atoms with E-state index < -0.39 is 30.0 Å². The van der Waals surface area contributed by atoms with Gasteiger partial charge in [0.25, 0.3) is 5.91 Å². The zero-order chi connectivity index (χ0) is 31.2. The Morgan fingerprint density at radius 1 is 1.16 bits per heavy atom. The molecule has 238 valence electrons. The number of aromatic nitrogens is 2. The van der Waals surface area contributed by atoms with Crippen molar-refractivity contribution in [3.63, 3.8) is 0 Å². The minimum absolute atomic E-state index is 0.102. The molecule has 12 heteroatoms. The number of ether oxygens (including phenoxy) is 2. The highest BCUT2D eigenvalue weighted by Gasteiger charge is 2.58. The number of rotatable bonds is 9. The van der Waals surface area contributed by atoms with Crippen LogP contribution < -0.4 is 10.5 Å². The number of carbonyl (C=O) groups is 1. The summed E-state index contributed by atoms with van der Waals surface area (Å²) in [5, 5.41) is 10.5. The number of aliphatic hydroxyl groups is 1. The molecule has 0 spiro atoms. The number of allylic oxidation sites excluding steroid dienone is 1. The lowest BCUT2D eigenvalue weighted by atomic mass is 9.67. The Hall–Kier alpha value is -3.06. The number of nitrogens with zero attached hydrogens (tertiary/aromatic N) is 4. The van der Waals surface area contributed by atoms with Gasteiger partial charge in [0.15, 0.2) is 0 Å². The molecule has 3 aliphatic heterocycles. The van der Waals surface area contributed by atoms with Crippen molar-refractivity contribution in [2.24, 2.45) is 17.1 Å². The lowest BCUT2D eigenvalue weighted by molar-refractivity contribution is -0.256. The van der Waals surface area contributed by atoms with Gasteiger partial charge < -0.3 is 30.1 Å². The minimum atomic E-state index is -4.14. The topological polar surface area (TPSA) is 117 Å². The molecule has 4 aliphatic rings. The normalized spacial score (nSPS) is 27.2. The average Bonchev–Trinajstić information content (AvgIpc) is 3.57. The van der Waals surface area contributed by atoms with Gasteiger partial charge >= 0.3 is 6.18 Å². The van der Waals surface area contributed by atoms with E-state index in [1.54, 1.807) is 23.4 Å². The minimum Gasteiger partial charge on any atom is -0.476 e. The summed E-state index contributed by atoms with van der Waals surface area (Å²) < 4.78 is 52.0. The maximum Gasteiger partial charge on any atom is 0.395 e. The first-order chi connectivity index (χ1) is 21.0. The molecule has 44 heavy (non-hydrogen) atoms. The molecule has 4 atom stereocenters. The van der Waals surface area contributed by atoms with E-state index in [1.165, 1.54) is 0 Å². The molecule has 4 heterocycles. The molecule has 1 amide bonds. The molecule has 1 aromatic heterocycles. The van der Waals surface area contributed by atoms with Gasteiger partial charge in [0, 0.05) is 24.2 Å². The Morgan fingerprint density at radius 2 is 1.89 bits per heavy atom. The molecule has 0 radical (unpaired) electrons. The second-order valence-electron chi connectivity index (χ2n) is 12.9. The number of alkyl halides is 3. The Morgan fingerprint density at radius 3 is 2.45 bits per heavy atom. The first kappa shape index (κ1) is 30.9. The quantitative estimate of drug-likeness (QED) is 0.402. The van der Waals surface area contributed by atoms with E-state index in [4.69, 9.17) is 15.2 Å². The third-order valence-corrected chi connectivity index (χ3v) is 9.82. The van der Waals surface area contributed by atoms with E-state index in [0.717, 1.165) is 18.4 Å². The number of piperidine rings is 1. The van der Waals surface area contributed by atoms with Crippen LogP contribution in [0.2, 0.25) is 0 Å². The van der Waals surface area contributed by atoms with Crippen molar-refractivity contribution in [3.05, 3.63) is 48.3 Å². The fraction of sp³-hybridized carbons (Fsp3) is 0.594. The lowest BCUT2D eigenvalue weighted by Gasteiger charge is -2.47. The van der Waals surface area contributed by atoms with Gasteiger partial charge in [-0.3, -0.25) is 4.79 Å². The van der Waals surface area contributed by atoms with Crippen molar-refractivity contribution in [2.75, 3.05) is 32.8 Å². The lowest BCUT2D eigenvalue weighted by Crippen LogP contribution is -2.53. The summed E-state index contributed by atoms with van der Waals surface area (Å²) >= 11 is 0. The number of halogens is 3. The van der Waals surface area contributed by atoms with Crippen molar-refractivity contribution in [2.45, 2.75) is 76.1 Å². The van der Waals surface area contributed by atoms with Crippen molar-refractivity contribution < 1.29 is 32.5 Å².